The molecule has 0 saturated carbocycles. The summed E-state index contributed by atoms with van der Waals surface area (Å²) in [7, 11) is 0. The maximum absolute atomic E-state index is 4.06. The van der Waals surface area contributed by atoms with Gasteiger partial charge in [0.15, 0.2) is 0 Å². The molecule has 1 aliphatic rings. The molecule has 3 nitrogen and oxygen atoms in total. The van der Waals surface area contributed by atoms with E-state index in [0.29, 0.717) is 0 Å². The Balaban J connectivity index is 2.22. The van der Waals surface area contributed by atoms with Crippen LogP contribution in [0.2, 0.25) is 0 Å². The molecular weight excluding hydrogens is 150 g/mol. The normalized spacial score (nSPS) is 15.8. The molecule has 2 rings (SSSR count). The summed E-state index contributed by atoms with van der Waals surface area (Å²) in [6, 6.07) is 3.99. The van der Waals surface area contributed by atoms with Crippen LogP contribution in [-0.2, 0) is 0 Å². The first-order valence-electron chi connectivity index (χ1n) is 3.95. The van der Waals surface area contributed by atoms with Gasteiger partial charge < -0.3 is 10.2 Å². The summed E-state index contributed by atoms with van der Waals surface area (Å²) in [6.07, 6.45) is 5.72. The third-order valence-electron chi connectivity index (χ3n) is 1.86. The number of pyridine rings is 1. The van der Waals surface area contributed by atoms with Gasteiger partial charge in [-0.15, -0.1) is 0 Å². The van der Waals surface area contributed by atoms with Crippen molar-refractivity contribution in [3.05, 3.63) is 36.4 Å². The molecule has 0 radical (unpaired) electrons. The lowest BCUT2D eigenvalue weighted by Crippen LogP contribution is -2.20. The van der Waals surface area contributed by atoms with Crippen molar-refractivity contribution < 1.29 is 0 Å². The molecular formula is C9H11N3. The van der Waals surface area contributed by atoms with Gasteiger partial charge in [0.05, 0.1) is 18.6 Å². The number of hydrogen-bond donors (Lipinski definition) is 1. The maximum Gasteiger partial charge on any atom is 0.0918 e. The lowest BCUT2D eigenvalue weighted by Gasteiger charge is -2.13. The molecule has 0 fully saturated rings. The Labute approximate surface area is 71.7 Å². The molecule has 1 aromatic rings. The minimum absolute atomic E-state index is 0.845. The van der Waals surface area contributed by atoms with Gasteiger partial charge in [0.2, 0.25) is 0 Å². The predicted octanol–water partition coefficient (Wildman–Crippen LogP) is 1.31. The van der Waals surface area contributed by atoms with Crippen LogP contribution in [-0.4, -0.2) is 11.7 Å². The van der Waals surface area contributed by atoms with Crippen LogP contribution in [0.1, 0.15) is 6.92 Å². The van der Waals surface area contributed by atoms with Crippen LogP contribution in [0.25, 0.3) is 0 Å². The van der Waals surface area contributed by atoms with E-state index in [1.807, 2.05) is 18.3 Å². The Hall–Kier alpha value is -1.51. The van der Waals surface area contributed by atoms with Crippen LogP contribution >= 0.6 is 0 Å². The topological polar surface area (TPSA) is 28.2 Å². The van der Waals surface area contributed by atoms with Crippen molar-refractivity contribution in [1.29, 1.82) is 0 Å². The maximum atomic E-state index is 4.06. The summed E-state index contributed by atoms with van der Waals surface area (Å²) in [4.78, 5) is 6.18. The van der Waals surface area contributed by atoms with E-state index in [1.54, 1.807) is 6.20 Å². The van der Waals surface area contributed by atoms with Gasteiger partial charge in [0.1, 0.15) is 0 Å². The first-order valence-corrected chi connectivity index (χ1v) is 3.95. The van der Waals surface area contributed by atoms with Gasteiger partial charge in [-0.1, -0.05) is 0 Å². The fourth-order valence-corrected chi connectivity index (χ4v) is 1.22. The number of anilines is 1. The fourth-order valence-electron chi connectivity index (χ4n) is 1.22. The number of nitrogens with zero attached hydrogens (tertiary/aromatic N) is 2. The number of allylic oxidation sites excluding steroid dienone is 1. The molecule has 1 N–H and O–H groups in total. The van der Waals surface area contributed by atoms with Gasteiger partial charge in [-0.2, -0.15) is 0 Å². The van der Waals surface area contributed by atoms with Crippen molar-refractivity contribution in [3.8, 4) is 0 Å². The zero-order valence-electron chi connectivity index (χ0n) is 6.99. The van der Waals surface area contributed by atoms with Crippen LogP contribution in [0, 0.1) is 0 Å². The van der Waals surface area contributed by atoms with E-state index in [4.69, 9.17) is 0 Å². The molecule has 62 valence electrons. The third kappa shape index (κ3) is 1.25. The molecule has 12 heavy (non-hydrogen) atoms. The first-order chi connectivity index (χ1) is 5.86. The fraction of sp³-hybridized carbons (Fsp3) is 0.222. The standard InChI is InChI=1S/C9H11N3/c1-8-6-12(7-11-8)9-3-2-4-10-5-9/h2-6,11H,7H2,1H3. The number of rotatable bonds is 1. The zero-order chi connectivity index (χ0) is 8.39. The summed E-state index contributed by atoms with van der Waals surface area (Å²) in [5.74, 6) is 0. The Morgan fingerprint density at radius 1 is 1.58 bits per heavy atom. The summed E-state index contributed by atoms with van der Waals surface area (Å²) in [5.41, 5.74) is 2.32. The highest BCUT2D eigenvalue weighted by molar-refractivity contribution is 5.48. The van der Waals surface area contributed by atoms with Crippen LogP contribution in [0.3, 0.4) is 0 Å². The SMILES string of the molecule is CC1=CN(c2cccnc2)CN1. The van der Waals surface area contributed by atoms with Crippen LogP contribution < -0.4 is 10.2 Å². The van der Waals surface area contributed by atoms with Gasteiger partial charge in [0.25, 0.3) is 0 Å². The molecule has 0 saturated heterocycles. The summed E-state index contributed by atoms with van der Waals surface area (Å²) in [6.45, 7) is 2.90. The Morgan fingerprint density at radius 2 is 2.50 bits per heavy atom. The summed E-state index contributed by atoms with van der Waals surface area (Å²) >= 11 is 0. The molecule has 0 spiro atoms. The highest BCUT2D eigenvalue weighted by Crippen LogP contribution is 2.15. The van der Waals surface area contributed by atoms with E-state index in [9.17, 15) is 0 Å². The lowest BCUT2D eigenvalue weighted by atomic mass is 10.4. The minimum Gasteiger partial charge on any atom is -0.370 e. The van der Waals surface area contributed by atoms with E-state index in [-0.39, 0.29) is 0 Å². The highest BCUT2D eigenvalue weighted by atomic mass is 15.3. The lowest BCUT2D eigenvalue weighted by molar-refractivity contribution is 0.863. The van der Waals surface area contributed by atoms with E-state index in [2.05, 4.69) is 28.3 Å². The van der Waals surface area contributed by atoms with Crippen LogP contribution in [0.4, 0.5) is 5.69 Å². The number of aromatic nitrogens is 1. The Kier molecular flexibility index (Phi) is 1.70. The smallest absolute Gasteiger partial charge is 0.0918 e. The second-order valence-corrected chi connectivity index (χ2v) is 2.83. The molecule has 0 unspecified atom stereocenters. The first kappa shape index (κ1) is 7.16. The second-order valence-electron chi connectivity index (χ2n) is 2.83. The van der Waals surface area contributed by atoms with E-state index in [1.165, 1.54) is 5.70 Å². The third-order valence-corrected chi connectivity index (χ3v) is 1.86. The Bertz CT molecular complexity index is 292. The van der Waals surface area contributed by atoms with E-state index < -0.39 is 0 Å². The van der Waals surface area contributed by atoms with Gasteiger partial charge in [-0.25, -0.2) is 0 Å². The largest absolute Gasteiger partial charge is 0.370 e. The number of nitrogens with one attached hydrogen (secondary N) is 1. The molecule has 3 heteroatoms. The van der Waals surface area contributed by atoms with Crippen molar-refractivity contribution in [3.63, 3.8) is 0 Å². The Morgan fingerprint density at radius 3 is 3.08 bits per heavy atom. The van der Waals surface area contributed by atoms with E-state index >= 15 is 0 Å². The van der Waals surface area contributed by atoms with Crippen LogP contribution in [0.5, 0.6) is 0 Å². The average Bonchev–Trinajstić information content (AvgIpc) is 2.54. The van der Waals surface area contributed by atoms with Gasteiger partial charge in [-0.3, -0.25) is 4.98 Å². The van der Waals surface area contributed by atoms with Gasteiger partial charge in [-0.05, 0) is 19.1 Å². The van der Waals surface area contributed by atoms with Crippen molar-refractivity contribution in [2.24, 2.45) is 0 Å². The molecule has 0 atom stereocenters. The molecule has 0 aromatic carbocycles. The molecule has 0 aliphatic carbocycles. The molecule has 1 aliphatic heterocycles. The van der Waals surface area contributed by atoms with E-state index in [0.717, 1.165) is 12.4 Å². The molecule has 0 bridgehead atoms. The minimum atomic E-state index is 0.845. The van der Waals surface area contributed by atoms with Crippen molar-refractivity contribution >= 4 is 5.69 Å². The quantitative estimate of drug-likeness (QED) is 0.673. The monoisotopic (exact) mass is 161 g/mol. The summed E-state index contributed by atoms with van der Waals surface area (Å²) in [5, 5.41) is 3.23. The molecule has 1 aromatic heterocycles. The molecule has 2 heterocycles. The van der Waals surface area contributed by atoms with Crippen molar-refractivity contribution in [1.82, 2.24) is 10.3 Å². The van der Waals surface area contributed by atoms with Crippen molar-refractivity contribution in [2.45, 2.75) is 6.92 Å². The van der Waals surface area contributed by atoms with Crippen LogP contribution in [0.15, 0.2) is 36.4 Å². The second kappa shape index (κ2) is 2.85. The zero-order valence-corrected chi connectivity index (χ0v) is 6.99. The highest BCUT2D eigenvalue weighted by Gasteiger charge is 2.08. The average molecular weight is 161 g/mol. The number of hydrogen-bond acceptors (Lipinski definition) is 3. The predicted molar refractivity (Wildman–Crippen MR) is 48.5 cm³/mol. The van der Waals surface area contributed by atoms with Gasteiger partial charge in [0, 0.05) is 18.1 Å². The summed E-state index contributed by atoms with van der Waals surface area (Å²) < 4.78 is 0. The molecule has 0 amide bonds. The van der Waals surface area contributed by atoms with Crippen molar-refractivity contribution in [2.75, 3.05) is 11.6 Å². The van der Waals surface area contributed by atoms with Gasteiger partial charge >= 0.3 is 0 Å².